The number of halogens is 1. The maximum Gasteiger partial charge on any atom is 0.235 e. The Morgan fingerprint density at radius 1 is 0.897 bits per heavy atom. The molecule has 2 amide bonds. The van der Waals surface area contributed by atoms with Gasteiger partial charge in [-0.25, -0.2) is 4.39 Å². The first-order valence-electron chi connectivity index (χ1n) is 9.74. The molecule has 5 nitrogen and oxygen atoms in total. The van der Waals surface area contributed by atoms with Crippen LogP contribution in [0, 0.1) is 11.2 Å². The van der Waals surface area contributed by atoms with E-state index in [1.807, 2.05) is 30.5 Å². The van der Waals surface area contributed by atoms with Gasteiger partial charge < -0.3 is 15.6 Å². The number of hydrogen-bond acceptors (Lipinski definition) is 2. The van der Waals surface area contributed by atoms with E-state index in [0.29, 0.717) is 24.9 Å². The van der Waals surface area contributed by atoms with Crippen molar-refractivity contribution in [3.05, 3.63) is 71.7 Å². The Labute approximate surface area is 169 Å². The number of fused-ring (bicyclic) bond motifs is 1. The molecule has 0 saturated heterocycles. The van der Waals surface area contributed by atoms with E-state index in [1.54, 1.807) is 32.0 Å². The molecule has 6 heteroatoms. The lowest BCUT2D eigenvalue weighted by molar-refractivity contribution is -0.141. The molecule has 3 rings (SSSR count). The van der Waals surface area contributed by atoms with E-state index < -0.39 is 5.41 Å². The number of hydrogen-bond donors (Lipinski definition) is 3. The summed E-state index contributed by atoms with van der Waals surface area (Å²) in [7, 11) is 0. The van der Waals surface area contributed by atoms with Crippen LogP contribution >= 0.6 is 0 Å². The third-order valence-electron chi connectivity index (χ3n) is 5.13. The van der Waals surface area contributed by atoms with E-state index in [1.165, 1.54) is 6.07 Å². The SMILES string of the molecule is CC(C)(C(=O)NCCc1ccccc1F)C(=O)NCCc1c[nH]c2ccccc12. The van der Waals surface area contributed by atoms with Crippen LogP contribution in [0.15, 0.2) is 54.7 Å². The normalized spacial score (nSPS) is 11.4. The van der Waals surface area contributed by atoms with Crippen molar-refractivity contribution < 1.29 is 14.0 Å². The summed E-state index contributed by atoms with van der Waals surface area (Å²) in [6.45, 7) is 3.89. The molecule has 3 N–H and O–H groups in total. The highest BCUT2D eigenvalue weighted by Gasteiger charge is 2.35. The number of rotatable bonds is 8. The molecule has 0 saturated carbocycles. The van der Waals surface area contributed by atoms with E-state index in [2.05, 4.69) is 15.6 Å². The number of carbonyl (C=O) groups is 2. The van der Waals surface area contributed by atoms with Gasteiger partial charge in [0, 0.05) is 30.2 Å². The van der Waals surface area contributed by atoms with Gasteiger partial charge in [-0.3, -0.25) is 9.59 Å². The van der Waals surface area contributed by atoms with E-state index in [4.69, 9.17) is 0 Å². The molecule has 1 aromatic heterocycles. The molecular formula is C23H26FN3O2. The highest BCUT2D eigenvalue weighted by atomic mass is 19.1. The Balaban J connectivity index is 1.48. The summed E-state index contributed by atoms with van der Waals surface area (Å²) in [5.74, 6) is -1.00. The van der Waals surface area contributed by atoms with Gasteiger partial charge in [-0.1, -0.05) is 36.4 Å². The highest BCUT2D eigenvalue weighted by molar-refractivity contribution is 6.04. The lowest BCUT2D eigenvalue weighted by atomic mass is 9.91. The Hall–Kier alpha value is -3.15. The van der Waals surface area contributed by atoms with Crippen LogP contribution in [0.25, 0.3) is 10.9 Å². The van der Waals surface area contributed by atoms with E-state index in [9.17, 15) is 14.0 Å². The van der Waals surface area contributed by atoms with Crippen molar-refractivity contribution in [1.82, 2.24) is 15.6 Å². The molecule has 0 bridgehead atoms. The summed E-state index contributed by atoms with van der Waals surface area (Å²) in [4.78, 5) is 28.2. The summed E-state index contributed by atoms with van der Waals surface area (Å²) in [5, 5.41) is 6.72. The van der Waals surface area contributed by atoms with Crippen molar-refractivity contribution in [2.24, 2.45) is 5.41 Å². The Morgan fingerprint density at radius 2 is 1.48 bits per heavy atom. The van der Waals surface area contributed by atoms with Crippen LogP contribution in [-0.4, -0.2) is 29.9 Å². The van der Waals surface area contributed by atoms with Gasteiger partial charge in [0.25, 0.3) is 0 Å². The summed E-state index contributed by atoms with van der Waals surface area (Å²) >= 11 is 0. The molecule has 0 unspecified atom stereocenters. The lowest BCUT2D eigenvalue weighted by Crippen LogP contribution is -2.48. The molecule has 0 fully saturated rings. The average molecular weight is 395 g/mol. The molecule has 0 aliphatic rings. The van der Waals surface area contributed by atoms with Crippen LogP contribution < -0.4 is 10.6 Å². The predicted octanol–water partition coefficient (Wildman–Crippen LogP) is 3.35. The molecular weight excluding hydrogens is 369 g/mol. The first-order valence-corrected chi connectivity index (χ1v) is 9.74. The molecule has 152 valence electrons. The minimum absolute atomic E-state index is 0.270. The van der Waals surface area contributed by atoms with Gasteiger partial charge in [-0.05, 0) is 49.9 Å². The largest absolute Gasteiger partial charge is 0.361 e. The van der Waals surface area contributed by atoms with Gasteiger partial charge in [0.15, 0.2) is 0 Å². The molecule has 3 aromatic rings. The van der Waals surface area contributed by atoms with Gasteiger partial charge in [0.1, 0.15) is 11.2 Å². The molecule has 0 spiro atoms. The van der Waals surface area contributed by atoms with Crippen molar-refractivity contribution in [3.8, 4) is 0 Å². The fourth-order valence-corrected chi connectivity index (χ4v) is 3.21. The fraction of sp³-hybridized carbons (Fsp3) is 0.304. The molecule has 0 aliphatic carbocycles. The van der Waals surface area contributed by atoms with Crippen molar-refractivity contribution in [2.45, 2.75) is 26.7 Å². The minimum atomic E-state index is -1.21. The van der Waals surface area contributed by atoms with E-state index in [0.717, 1.165) is 16.5 Å². The summed E-state index contributed by atoms with van der Waals surface area (Å²) in [6, 6.07) is 14.4. The van der Waals surface area contributed by atoms with Crippen LogP contribution in [0.3, 0.4) is 0 Å². The molecule has 0 atom stereocenters. The zero-order valence-corrected chi connectivity index (χ0v) is 16.7. The number of nitrogens with one attached hydrogen (secondary N) is 3. The number of aromatic nitrogens is 1. The standard InChI is InChI=1S/C23H26FN3O2/c1-23(2,21(28)25-13-11-16-7-3-5-9-19(16)24)22(29)26-14-12-17-15-27-20-10-6-4-8-18(17)20/h3-10,15,27H,11-14H2,1-2H3,(H,25,28)(H,26,29). The van der Waals surface area contributed by atoms with Crippen LogP contribution in [0.1, 0.15) is 25.0 Å². The van der Waals surface area contributed by atoms with Crippen molar-refractivity contribution >= 4 is 22.7 Å². The van der Waals surface area contributed by atoms with Crippen molar-refractivity contribution in [2.75, 3.05) is 13.1 Å². The maximum absolute atomic E-state index is 13.7. The molecule has 1 heterocycles. The van der Waals surface area contributed by atoms with Gasteiger partial charge in [0.2, 0.25) is 11.8 Å². The second-order valence-corrected chi connectivity index (χ2v) is 7.59. The smallest absolute Gasteiger partial charge is 0.235 e. The molecule has 2 aromatic carbocycles. The summed E-state index contributed by atoms with van der Waals surface area (Å²) in [5.41, 5.74) is 1.50. The Kier molecular flexibility index (Phi) is 6.32. The number of H-pyrrole nitrogens is 1. The maximum atomic E-state index is 13.7. The minimum Gasteiger partial charge on any atom is -0.361 e. The zero-order chi connectivity index (χ0) is 20.9. The molecule has 29 heavy (non-hydrogen) atoms. The average Bonchev–Trinajstić information content (AvgIpc) is 3.12. The van der Waals surface area contributed by atoms with Gasteiger partial charge in [-0.2, -0.15) is 0 Å². The number of amides is 2. The van der Waals surface area contributed by atoms with Crippen molar-refractivity contribution in [3.63, 3.8) is 0 Å². The van der Waals surface area contributed by atoms with E-state index >= 15 is 0 Å². The highest BCUT2D eigenvalue weighted by Crippen LogP contribution is 2.19. The molecule has 0 radical (unpaired) electrons. The first kappa shape index (κ1) is 20.6. The number of carbonyl (C=O) groups excluding carboxylic acids is 2. The molecule has 0 aliphatic heterocycles. The fourth-order valence-electron chi connectivity index (χ4n) is 3.21. The number of aromatic amines is 1. The van der Waals surface area contributed by atoms with Crippen LogP contribution in [0.2, 0.25) is 0 Å². The Bertz CT molecular complexity index is 1010. The monoisotopic (exact) mass is 395 g/mol. The van der Waals surface area contributed by atoms with Gasteiger partial charge >= 0.3 is 0 Å². The van der Waals surface area contributed by atoms with Crippen molar-refractivity contribution in [1.29, 1.82) is 0 Å². The summed E-state index contributed by atoms with van der Waals surface area (Å²) < 4.78 is 13.7. The van der Waals surface area contributed by atoms with Crippen LogP contribution in [0.5, 0.6) is 0 Å². The number of benzene rings is 2. The quantitative estimate of drug-likeness (QED) is 0.512. The lowest BCUT2D eigenvalue weighted by Gasteiger charge is -2.22. The first-order chi connectivity index (χ1) is 13.9. The second-order valence-electron chi connectivity index (χ2n) is 7.59. The summed E-state index contributed by atoms with van der Waals surface area (Å²) in [6.07, 6.45) is 2.98. The zero-order valence-electron chi connectivity index (χ0n) is 16.7. The van der Waals surface area contributed by atoms with Crippen LogP contribution in [-0.2, 0) is 22.4 Å². The third-order valence-corrected chi connectivity index (χ3v) is 5.13. The van der Waals surface area contributed by atoms with Gasteiger partial charge in [0.05, 0.1) is 0 Å². The number of para-hydroxylation sites is 1. The van der Waals surface area contributed by atoms with Gasteiger partial charge in [-0.15, -0.1) is 0 Å². The second kappa shape index (κ2) is 8.90. The Morgan fingerprint density at radius 3 is 2.17 bits per heavy atom. The van der Waals surface area contributed by atoms with Crippen LogP contribution in [0.4, 0.5) is 4.39 Å². The predicted molar refractivity (Wildman–Crippen MR) is 112 cm³/mol. The van der Waals surface area contributed by atoms with E-state index in [-0.39, 0.29) is 24.2 Å². The topological polar surface area (TPSA) is 74.0 Å². The third kappa shape index (κ3) is 4.83.